The molecule has 0 aliphatic carbocycles. The van der Waals surface area contributed by atoms with E-state index in [4.69, 9.17) is 5.73 Å². The average molecular weight is 452 g/mol. The van der Waals surface area contributed by atoms with Gasteiger partial charge in [-0.05, 0) is 12.1 Å². The first-order chi connectivity index (χ1) is 16.4. The van der Waals surface area contributed by atoms with Crippen molar-refractivity contribution in [2.75, 3.05) is 5.73 Å². The van der Waals surface area contributed by atoms with Crippen molar-refractivity contribution < 1.29 is 4.39 Å². The van der Waals surface area contributed by atoms with Crippen molar-refractivity contribution in [3.05, 3.63) is 94.2 Å². The number of aryl methyl sites for hydroxylation is 1. The lowest BCUT2D eigenvalue weighted by atomic mass is 10.0. The first kappa shape index (κ1) is 21.0. The fraction of sp³-hybridized carbons (Fsp3) is 0.0833. The first-order valence-corrected chi connectivity index (χ1v) is 10.3. The van der Waals surface area contributed by atoms with E-state index in [2.05, 4.69) is 20.1 Å². The summed E-state index contributed by atoms with van der Waals surface area (Å²) in [5, 5.41) is 13.8. The molecule has 166 valence electrons. The van der Waals surface area contributed by atoms with E-state index in [9.17, 15) is 14.4 Å². The van der Waals surface area contributed by atoms with E-state index in [1.54, 1.807) is 19.3 Å². The maximum atomic E-state index is 13.5. The fourth-order valence-corrected chi connectivity index (χ4v) is 3.74. The summed E-state index contributed by atoms with van der Waals surface area (Å²) in [6.45, 7) is 0. The second-order valence-corrected chi connectivity index (χ2v) is 7.63. The molecule has 0 aliphatic heterocycles. The van der Waals surface area contributed by atoms with Crippen molar-refractivity contribution in [3.8, 4) is 28.5 Å². The minimum Gasteiger partial charge on any atom is -0.368 e. The van der Waals surface area contributed by atoms with Gasteiger partial charge in [-0.2, -0.15) is 9.78 Å². The van der Waals surface area contributed by atoms with Crippen LogP contribution in [0.2, 0.25) is 0 Å². The zero-order valence-corrected chi connectivity index (χ0v) is 18.0. The van der Waals surface area contributed by atoms with Gasteiger partial charge >= 0.3 is 0 Å². The van der Waals surface area contributed by atoms with Gasteiger partial charge in [0.2, 0.25) is 11.5 Å². The summed E-state index contributed by atoms with van der Waals surface area (Å²) in [5.41, 5.74) is 9.73. The molecule has 0 aliphatic rings. The summed E-state index contributed by atoms with van der Waals surface area (Å²) < 4.78 is 16.4. The molecule has 0 spiro atoms. The smallest absolute Gasteiger partial charge is 0.250 e. The third-order valence-corrected chi connectivity index (χ3v) is 5.36. The van der Waals surface area contributed by atoms with Crippen molar-refractivity contribution in [2.45, 2.75) is 6.42 Å². The number of rotatable bonds is 4. The molecule has 0 saturated carbocycles. The normalized spacial score (nSPS) is 11.0. The van der Waals surface area contributed by atoms with Gasteiger partial charge in [0.05, 0.1) is 35.1 Å². The maximum Gasteiger partial charge on any atom is 0.250 e. The summed E-state index contributed by atoms with van der Waals surface area (Å²) >= 11 is 0. The molecule has 9 nitrogen and oxygen atoms in total. The Labute approximate surface area is 192 Å². The Bertz CT molecular complexity index is 1650. The predicted molar refractivity (Wildman–Crippen MR) is 123 cm³/mol. The van der Waals surface area contributed by atoms with Gasteiger partial charge in [-0.25, -0.2) is 14.4 Å². The Balaban J connectivity index is 1.75. The highest BCUT2D eigenvalue weighted by molar-refractivity contribution is 5.90. The van der Waals surface area contributed by atoms with Crippen molar-refractivity contribution in [2.24, 2.45) is 7.05 Å². The van der Waals surface area contributed by atoms with Crippen molar-refractivity contribution >= 4 is 11.6 Å². The third-order valence-electron chi connectivity index (χ3n) is 5.36. The molecular weight excluding hydrogens is 435 g/mol. The van der Waals surface area contributed by atoms with Crippen LogP contribution in [-0.4, -0.2) is 29.1 Å². The van der Waals surface area contributed by atoms with Crippen LogP contribution in [0, 0.1) is 17.1 Å². The molecule has 5 rings (SSSR count). The molecular formula is C24H17FN8O. The van der Waals surface area contributed by atoms with Gasteiger partial charge < -0.3 is 10.3 Å². The van der Waals surface area contributed by atoms with Crippen LogP contribution in [0.15, 0.2) is 65.7 Å². The lowest BCUT2D eigenvalue weighted by Gasteiger charge is -2.12. The predicted octanol–water partition coefficient (Wildman–Crippen LogP) is 2.74. The van der Waals surface area contributed by atoms with Crippen LogP contribution in [0.4, 0.5) is 10.3 Å². The Morgan fingerprint density at radius 3 is 2.65 bits per heavy atom. The number of pyridine rings is 2. The molecule has 34 heavy (non-hydrogen) atoms. The Hall–Kier alpha value is -4.91. The number of benzene rings is 1. The number of nitrogen functional groups attached to an aromatic ring is 1. The molecule has 0 atom stereocenters. The zero-order chi connectivity index (χ0) is 23.8. The first-order valence-electron chi connectivity index (χ1n) is 10.3. The minimum atomic E-state index is -0.596. The van der Waals surface area contributed by atoms with Crippen molar-refractivity contribution in [1.82, 2.24) is 29.1 Å². The van der Waals surface area contributed by atoms with Gasteiger partial charge in [0, 0.05) is 30.4 Å². The van der Waals surface area contributed by atoms with Gasteiger partial charge in [0.15, 0.2) is 11.5 Å². The van der Waals surface area contributed by atoms with Crippen LogP contribution in [-0.2, 0) is 13.5 Å². The van der Waals surface area contributed by atoms with E-state index < -0.39 is 5.82 Å². The van der Waals surface area contributed by atoms with Crippen LogP contribution in [0.1, 0.15) is 17.1 Å². The lowest BCUT2D eigenvalue weighted by Crippen LogP contribution is -2.14. The maximum absolute atomic E-state index is 13.5. The van der Waals surface area contributed by atoms with Crippen molar-refractivity contribution in [3.63, 3.8) is 0 Å². The monoisotopic (exact) mass is 452 g/mol. The fourth-order valence-electron chi connectivity index (χ4n) is 3.74. The highest BCUT2D eigenvalue weighted by Gasteiger charge is 2.21. The summed E-state index contributed by atoms with van der Waals surface area (Å²) in [4.78, 5) is 25.3. The number of anilines is 1. The topological polar surface area (TPSA) is 128 Å². The van der Waals surface area contributed by atoms with Crippen LogP contribution in [0.25, 0.3) is 28.0 Å². The summed E-state index contributed by atoms with van der Waals surface area (Å²) in [5.74, 6) is -0.143. The standard InChI is InChI=1S/C24H17FN8O/c1-32-13-15(7-8-20(32)34)21-22(14-5-3-2-4-6-14)30-24(27)33-23(21)29-19(31-33)10-18-16(11-26)9-17(25)12-28-18/h2-9,12-13H,10H2,1H3,(H2,27,30). The highest BCUT2D eigenvalue weighted by Crippen LogP contribution is 2.34. The average Bonchev–Trinajstić information content (AvgIpc) is 3.27. The number of nitriles is 1. The molecule has 2 N–H and O–H groups in total. The Morgan fingerprint density at radius 2 is 1.91 bits per heavy atom. The number of hydrogen-bond acceptors (Lipinski definition) is 7. The quantitative estimate of drug-likeness (QED) is 0.444. The molecule has 0 saturated heterocycles. The Morgan fingerprint density at radius 1 is 1.12 bits per heavy atom. The molecule has 4 aromatic heterocycles. The van der Waals surface area contributed by atoms with Crippen LogP contribution in [0.5, 0.6) is 0 Å². The van der Waals surface area contributed by atoms with Gasteiger partial charge in [0.1, 0.15) is 11.9 Å². The van der Waals surface area contributed by atoms with Gasteiger partial charge in [-0.3, -0.25) is 9.78 Å². The number of hydrogen-bond donors (Lipinski definition) is 1. The van der Waals surface area contributed by atoms with Crippen LogP contribution >= 0.6 is 0 Å². The largest absolute Gasteiger partial charge is 0.368 e. The van der Waals surface area contributed by atoms with Crippen molar-refractivity contribution in [1.29, 1.82) is 5.26 Å². The highest BCUT2D eigenvalue weighted by atomic mass is 19.1. The SMILES string of the molecule is Cn1cc(-c2c(-c3ccccc3)nc(N)n3nc(Cc4ncc(F)cc4C#N)nc23)ccc1=O. The van der Waals surface area contributed by atoms with Gasteiger partial charge in [0.25, 0.3) is 0 Å². The third kappa shape index (κ3) is 3.65. The molecule has 0 amide bonds. The van der Waals surface area contributed by atoms with Crippen LogP contribution in [0.3, 0.4) is 0 Å². The van der Waals surface area contributed by atoms with E-state index in [1.807, 2.05) is 36.4 Å². The van der Waals surface area contributed by atoms with Crippen LogP contribution < -0.4 is 11.3 Å². The molecule has 5 aromatic rings. The summed E-state index contributed by atoms with van der Waals surface area (Å²) in [6, 6.07) is 15.7. The molecule has 4 heterocycles. The molecule has 10 heteroatoms. The van der Waals surface area contributed by atoms with E-state index in [0.717, 1.165) is 17.8 Å². The molecule has 0 bridgehead atoms. The summed E-state index contributed by atoms with van der Waals surface area (Å²) in [7, 11) is 1.66. The Kier molecular flexibility index (Phi) is 5.07. The number of nitrogens with zero attached hydrogens (tertiary/aromatic N) is 7. The second kappa shape index (κ2) is 8.22. The van der Waals surface area contributed by atoms with E-state index in [-0.39, 0.29) is 23.5 Å². The summed E-state index contributed by atoms with van der Waals surface area (Å²) in [6.07, 6.45) is 2.84. The number of fused-ring (bicyclic) bond motifs is 1. The van der Waals surface area contributed by atoms with E-state index in [1.165, 1.54) is 15.1 Å². The molecule has 0 unspecified atom stereocenters. The minimum absolute atomic E-state index is 0.0949. The lowest BCUT2D eigenvalue weighted by molar-refractivity contribution is 0.618. The van der Waals surface area contributed by atoms with E-state index in [0.29, 0.717) is 34.0 Å². The van der Waals surface area contributed by atoms with Gasteiger partial charge in [-0.15, -0.1) is 5.10 Å². The number of aromatic nitrogens is 6. The zero-order valence-electron chi connectivity index (χ0n) is 18.0. The molecule has 0 radical (unpaired) electrons. The molecule has 1 aromatic carbocycles. The number of nitrogens with two attached hydrogens (primary N) is 1. The van der Waals surface area contributed by atoms with E-state index >= 15 is 0 Å². The molecule has 0 fully saturated rings. The van der Waals surface area contributed by atoms with Gasteiger partial charge in [-0.1, -0.05) is 30.3 Å². The second-order valence-electron chi connectivity index (χ2n) is 7.63. The number of halogens is 1.